The molecular formula is C21H18Cl2N2O5. The molecule has 2 aromatic rings. The topological polar surface area (TPSA) is 84.9 Å². The van der Waals surface area contributed by atoms with Crippen molar-refractivity contribution in [1.29, 1.82) is 0 Å². The minimum absolute atomic E-state index is 0.00613. The van der Waals surface area contributed by atoms with Crippen molar-refractivity contribution in [1.82, 2.24) is 5.32 Å². The minimum atomic E-state index is -0.862. The van der Waals surface area contributed by atoms with Gasteiger partial charge in [-0.05, 0) is 35.9 Å². The summed E-state index contributed by atoms with van der Waals surface area (Å²) in [4.78, 5) is 38.0. The number of nitrogens with zero attached hydrogens (tertiary/aromatic N) is 1. The smallest absolute Gasteiger partial charge is 0.331 e. The Morgan fingerprint density at radius 3 is 2.70 bits per heavy atom. The zero-order chi connectivity index (χ0) is 21.7. The molecule has 2 aromatic carbocycles. The molecular weight excluding hydrogens is 431 g/mol. The molecule has 0 saturated heterocycles. The third-order valence-electron chi connectivity index (χ3n) is 4.31. The van der Waals surface area contributed by atoms with Crippen LogP contribution in [0.4, 0.5) is 5.69 Å². The summed E-state index contributed by atoms with van der Waals surface area (Å²) in [6.45, 7) is -0.481. The molecule has 2 amide bonds. The van der Waals surface area contributed by atoms with Crippen LogP contribution < -0.4 is 15.0 Å². The Morgan fingerprint density at radius 1 is 1.20 bits per heavy atom. The van der Waals surface area contributed by atoms with Crippen molar-refractivity contribution >= 4 is 52.7 Å². The highest BCUT2D eigenvalue weighted by Crippen LogP contribution is 2.33. The highest BCUT2D eigenvalue weighted by molar-refractivity contribution is 6.42. The molecule has 0 fully saturated rings. The zero-order valence-electron chi connectivity index (χ0n) is 15.9. The van der Waals surface area contributed by atoms with Crippen LogP contribution in [0.15, 0.2) is 48.5 Å². The summed E-state index contributed by atoms with van der Waals surface area (Å²) in [5, 5.41) is 3.27. The van der Waals surface area contributed by atoms with Crippen LogP contribution in [0.5, 0.6) is 5.75 Å². The van der Waals surface area contributed by atoms with Crippen LogP contribution >= 0.6 is 23.2 Å². The number of halogens is 2. The van der Waals surface area contributed by atoms with Crippen LogP contribution in [0.3, 0.4) is 0 Å². The van der Waals surface area contributed by atoms with E-state index < -0.39 is 24.6 Å². The molecule has 7 nitrogen and oxygen atoms in total. The Morgan fingerprint density at radius 2 is 1.97 bits per heavy atom. The lowest BCUT2D eigenvalue weighted by atomic mass is 10.1. The first-order valence-electron chi connectivity index (χ1n) is 8.96. The quantitative estimate of drug-likeness (QED) is 0.560. The van der Waals surface area contributed by atoms with Crippen LogP contribution in [0.1, 0.15) is 5.56 Å². The maximum absolute atomic E-state index is 12.7. The van der Waals surface area contributed by atoms with Gasteiger partial charge in [-0.25, -0.2) is 4.79 Å². The van der Waals surface area contributed by atoms with Gasteiger partial charge in [0, 0.05) is 13.1 Å². The molecule has 1 N–H and O–H groups in total. The van der Waals surface area contributed by atoms with E-state index in [1.807, 2.05) is 0 Å². The monoisotopic (exact) mass is 448 g/mol. The van der Waals surface area contributed by atoms with Crippen molar-refractivity contribution in [2.24, 2.45) is 0 Å². The molecule has 1 unspecified atom stereocenters. The number of carbonyl (C=O) groups excluding carboxylic acids is 3. The number of ether oxygens (including phenoxy) is 2. The molecule has 0 bridgehead atoms. The number of rotatable bonds is 5. The summed E-state index contributed by atoms with van der Waals surface area (Å²) in [5.74, 6) is -1.13. The predicted octanol–water partition coefficient (Wildman–Crippen LogP) is 3.09. The number of anilines is 1. The van der Waals surface area contributed by atoms with Crippen LogP contribution in [-0.4, -0.2) is 44.1 Å². The molecule has 156 valence electrons. The van der Waals surface area contributed by atoms with Gasteiger partial charge >= 0.3 is 5.97 Å². The van der Waals surface area contributed by atoms with Crippen LogP contribution in [0, 0.1) is 0 Å². The third-order valence-corrected chi connectivity index (χ3v) is 5.05. The van der Waals surface area contributed by atoms with Gasteiger partial charge in [-0.15, -0.1) is 0 Å². The lowest BCUT2D eigenvalue weighted by molar-refractivity contribution is -0.143. The molecule has 1 aliphatic heterocycles. The van der Waals surface area contributed by atoms with Crippen molar-refractivity contribution < 1.29 is 23.9 Å². The predicted molar refractivity (Wildman–Crippen MR) is 114 cm³/mol. The van der Waals surface area contributed by atoms with Gasteiger partial charge in [0.2, 0.25) is 0 Å². The average molecular weight is 449 g/mol. The van der Waals surface area contributed by atoms with Crippen LogP contribution in [-0.2, 0) is 19.1 Å². The summed E-state index contributed by atoms with van der Waals surface area (Å²) >= 11 is 11.8. The Bertz CT molecular complexity index is 1010. The van der Waals surface area contributed by atoms with Gasteiger partial charge in [-0.2, -0.15) is 0 Å². The molecule has 9 heteroatoms. The van der Waals surface area contributed by atoms with E-state index in [4.69, 9.17) is 32.7 Å². The average Bonchev–Trinajstić information content (AvgIpc) is 2.76. The van der Waals surface area contributed by atoms with Crippen molar-refractivity contribution in [3.8, 4) is 5.75 Å². The Hall–Kier alpha value is -3.03. The molecule has 0 radical (unpaired) electrons. The summed E-state index contributed by atoms with van der Waals surface area (Å²) < 4.78 is 10.7. The van der Waals surface area contributed by atoms with Gasteiger partial charge in [0.15, 0.2) is 12.7 Å². The number of nitrogens with one attached hydrogen (secondary N) is 1. The number of likely N-dealkylation sites (N-methyl/N-ethyl adjacent to an activating group) is 1. The van der Waals surface area contributed by atoms with Gasteiger partial charge in [-0.3, -0.25) is 9.59 Å². The lowest BCUT2D eigenvalue weighted by Crippen LogP contribution is -2.51. The van der Waals surface area contributed by atoms with E-state index in [9.17, 15) is 14.4 Å². The number of hydrogen-bond donors (Lipinski definition) is 1. The van der Waals surface area contributed by atoms with Gasteiger partial charge < -0.3 is 19.7 Å². The number of amides is 2. The van der Waals surface area contributed by atoms with E-state index in [0.717, 1.165) is 0 Å². The molecule has 0 aliphatic carbocycles. The van der Waals surface area contributed by atoms with Gasteiger partial charge in [0.25, 0.3) is 11.8 Å². The Balaban J connectivity index is 1.64. The molecule has 0 spiro atoms. The second kappa shape index (κ2) is 9.65. The fraction of sp³-hybridized carbons (Fsp3) is 0.190. The first-order valence-corrected chi connectivity index (χ1v) is 9.72. The molecule has 0 aromatic heterocycles. The number of carbonyl (C=O) groups is 3. The number of fused-ring (bicyclic) bond motifs is 1. The maximum Gasteiger partial charge on any atom is 0.331 e. The summed E-state index contributed by atoms with van der Waals surface area (Å²) in [5.41, 5.74) is 1.16. The molecule has 1 aliphatic rings. The van der Waals surface area contributed by atoms with Crippen molar-refractivity contribution in [3.63, 3.8) is 0 Å². The fourth-order valence-corrected chi connectivity index (χ4v) is 3.11. The number of benzene rings is 2. The van der Waals surface area contributed by atoms with Crippen molar-refractivity contribution in [2.45, 2.75) is 6.10 Å². The zero-order valence-corrected chi connectivity index (χ0v) is 17.4. The highest BCUT2D eigenvalue weighted by atomic mass is 35.5. The number of para-hydroxylation sites is 2. The second-order valence-electron chi connectivity index (χ2n) is 6.31. The van der Waals surface area contributed by atoms with Crippen LogP contribution in [0.2, 0.25) is 10.0 Å². The van der Waals surface area contributed by atoms with Crippen molar-refractivity contribution in [2.75, 3.05) is 25.1 Å². The Kier molecular flexibility index (Phi) is 6.97. The number of esters is 1. The van der Waals surface area contributed by atoms with E-state index in [1.165, 1.54) is 24.1 Å². The molecule has 3 rings (SSSR count). The third kappa shape index (κ3) is 5.11. The number of hydrogen-bond acceptors (Lipinski definition) is 5. The minimum Gasteiger partial charge on any atom is -0.477 e. The fourth-order valence-electron chi connectivity index (χ4n) is 2.81. The summed E-state index contributed by atoms with van der Waals surface area (Å²) in [6, 6.07) is 11.7. The first-order chi connectivity index (χ1) is 14.4. The molecule has 1 heterocycles. The molecule has 30 heavy (non-hydrogen) atoms. The molecule has 0 saturated carbocycles. The van der Waals surface area contributed by atoms with Gasteiger partial charge in [-0.1, -0.05) is 41.4 Å². The second-order valence-corrected chi connectivity index (χ2v) is 7.12. The standard InChI is InChI=1S/C21H18Cl2N2O5/c1-24-21(28)18-11-25(16-4-2-3-5-17(16)30-18)19(26)12-29-20(27)9-7-13-6-8-14(22)15(23)10-13/h2-10,18H,11-12H2,1H3,(H,24,28)/b9-7+. The first kappa shape index (κ1) is 21.7. The van der Waals surface area contributed by atoms with Crippen molar-refractivity contribution in [3.05, 3.63) is 64.1 Å². The lowest BCUT2D eigenvalue weighted by Gasteiger charge is -2.33. The summed E-state index contributed by atoms with van der Waals surface area (Å²) in [7, 11) is 1.49. The molecule has 1 atom stereocenters. The van der Waals surface area contributed by atoms with Gasteiger partial charge in [0.1, 0.15) is 5.75 Å². The SMILES string of the molecule is CNC(=O)C1CN(C(=O)COC(=O)/C=C/c2ccc(Cl)c(Cl)c2)c2ccccc2O1. The van der Waals surface area contributed by atoms with Gasteiger partial charge in [0.05, 0.1) is 22.3 Å². The maximum atomic E-state index is 12.7. The van der Waals surface area contributed by atoms with E-state index in [2.05, 4.69) is 5.32 Å². The van der Waals surface area contributed by atoms with E-state index in [-0.39, 0.29) is 12.5 Å². The largest absolute Gasteiger partial charge is 0.477 e. The summed E-state index contributed by atoms with van der Waals surface area (Å²) in [6.07, 6.45) is 1.83. The van der Waals surface area contributed by atoms with E-state index in [0.29, 0.717) is 27.0 Å². The highest BCUT2D eigenvalue weighted by Gasteiger charge is 2.33. The van der Waals surface area contributed by atoms with Crippen LogP contribution in [0.25, 0.3) is 6.08 Å². The van der Waals surface area contributed by atoms with E-state index in [1.54, 1.807) is 42.5 Å². The normalized spacial score (nSPS) is 15.3. The Labute approximate surface area is 183 Å². The van der Waals surface area contributed by atoms with E-state index >= 15 is 0 Å².